The number of hydrogen-bond donors (Lipinski definition) is 0. The Kier molecular flexibility index (Phi) is 4.44. The van der Waals surface area contributed by atoms with Gasteiger partial charge in [0.15, 0.2) is 6.17 Å². The van der Waals surface area contributed by atoms with Crippen molar-refractivity contribution in [3.63, 3.8) is 0 Å². The predicted octanol–water partition coefficient (Wildman–Crippen LogP) is 2.74. The second-order valence-electron chi connectivity index (χ2n) is 5.73. The molecular weight excluding hydrogens is 278 g/mol. The van der Waals surface area contributed by atoms with E-state index in [9.17, 15) is 0 Å². The number of benzene rings is 1. The minimum absolute atomic E-state index is 0.805. The van der Waals surface area contributed by atoms with E-state index in [1.54, 1.807) is 14.2 Å². The van der Waals surface area contributed by atoms with Gasteiger partial charge in [0.25, 0.3) is 0 Å². The molecule has 0 aromatic heterocycles. The Labute approximate surface area is 133 Å². The van der Waals surface area contributed by atoms with Gasteiger partial charge in [-0.25, -0.2) is 0 Å². The molecule has 0 bridgehead atoms. The number of nitrogens with zero attached hydrogens (tertiary/aromatic N) is 3. The van der Waals surface area contributed by atoms with Gasteiger partial charge in [-0.3, -0.25) is 0 Å². The van der Waals surface area contributed by atoms with Crippen molar-refractivity contribution < 1.29 is 9.47 Å². The quantitative estimate of drug-likeness (QED) is 0.853. The van der Waals surface area contributed by atoms with Gasteiger partial charge < -0.3 is 24.2 Å². The van der Waals surface area contributed by atoms with Crippen LogP contribution >= 0.6 is 0 Å². The predicted molar refractivity (Wildman–Crippen MR) is 90.1 cm³/mol. The molecule has 0 aliphatic carbocycles. The van der Waals surface area contributed by atoms with Crippen molar-refractivity contribution in [3.05, 3.63) is 35.3 Å². The lowest BCUT2D eigenvalue weighted by atomic mass is 10.1. The van der Waals surface area contributed by atoms with Crippen LogP contribution < -0.4 is 14.4 Å². The first-order valence-corrected chi connectivity index (χ1v) is 7.29. The van der Waals surface area contributed by atoms with Crippen LogP contribution in [0.3, 0.4) is 0 Å². The van der Waals surface area contributed by atoms with Gasteiger partial charge in [-0.15, -0.1) is 0 Å². The number of anilines is 1. The van der Waals surface area contributed by atoms with E-state index < -0.39 is 0 Å². The summed E-state index contributed by atoms with van der Waals surface area (Å²) < 4.78 is 11.3. The normalized spacial score (nSPS) is 15.6. The van der Waals surface area contributed by atoms with Gasteiger partial charge in [-0.1, -0.05) is 0 Å². The van der Waals surface area contributed by atoms with E-state index in [1.165, 1.54) is 11.4 Å². The molecule has 1 aliphatic rings. The van der Waals surface area contributed by atoms with Gasteiger partial charge in [-0.05, 0) is 13.8 Å². The average molecular weight is 304 g/mol. The molecule has 0 N–H and O–H groups in total. The summed E-state index contributed by atoms with van der Waals surface area (Å²) in [7, 11) is 11.5. The Balaban J connectivity index is 2.60. The molecule has 0 amide bonds. The summed E-state index contributed by atoms with van der Waals surface area (Å²) in [6.45, 7) is 4.23. The summed E-state index contributed by atoms with van der Waals surface area (Å²) in [5.74, 6) is 1.61. The highest BCUT2D eigenvalue weighted by Crippen LogP contribution is 2.45. The summed E-state index contributed by atoms with van der Waals surface area (Å²) in [4.78, 5) is 6.38. The molecule has 1 aliphatic heterocycles. The van der Waals surface area contributed by atoms with Crippen LogP contribution in [-0.2, 0) is 0 Å². The van der Waals surface area contributed by atoms with E-state index >= 15 is 0 Å². The zero-order chi connectivity index (χ0) is 16.6. The molecule has 121 valence electrons. The minimum atomic E-state index is 0.805. The van der Waals surface area contributed by atoms with E-state index in [2.05, 4.69) is 37.7 Å². The van der Waals surface area contributed by atoms with E-state index in [0.29, 0.717) is 0 Å². The molecule has 1 aromatic carbocycles. The van der Waals surface area contributed by atoms with Crippen LogP contribution in [0, 0.1) is 6.17 Å². The van der Waals surface area contributed by atoms with E-state index in [1.807, 2.05) is 31.1 Å². The third-order valence-corrected chi connectivity index (χ3v) is 4.40. The third kappa shape index (κ3) is 2.45. The van der Waals surface area contributed by atoms with Gasteiger partial charge in [0.2, 0.25) is 0 Å². The Bertz CT molecular complexity index is 553. The van der Waals surface area contributed by atoms with Gasteiger partial charge >= 0.3 is 0 Å². The molecule has 5 nitrogen and oxygen atoms in total. The lowest BCUT2D eigenvalue weighted by Crippen LogP contribution is -2.29. The Morgan fingerprint density at radius 1 is 0.864 bits per heavy atom. The molecule has 2 rings (SSSR count). The molecule has 1 heterocycles. The molecule has 0 atom stereocenters. The van der Waals surface area contributed by atoms with Crippen LogP contribution in [-0.4, -0.2) is 52.2 Å². The maximum atomic E-state index is 5.66. The van der Waals surface area contributed by atoms with Gasteiger partial charge in [0, 0.05) is 57.4 Å². The van der Waals surface area contributed by atoms with Gasteiger partial charge in [0.1, 0.15) is 11.5 Å². The van der Waals surface area contributed by atoms with E-state index in [4.69, 9.17) is 9.47 Å². The number of rotatable bonds is 4. The van der Waals surface area contributed by atoms with Crippen molar-refractivity contribution in [3.8, 4) is 11.5 Å². The minimum Gasteiger partial charge on any atom is -0.496 e. The average Bonchev–Trinajstić information content (AvgIpc) is 2.69. The zero-order valence-corrected chi connectivity index (χ0v) is 14.8. The van der Waals surface area contributed by atoms with Crippen molar-refractivity contribution in [1.82, 2.24) is 9.80 Å². The lowest BCUT2D eigenvalue weighted by Gasteiger charge is -2.31. The summed E-state index contributed by atoms with van der Waals surface area (Å²) in [5, 5.41) is 0. The molecule has 22 heavy (non-hydrogen) atoms. The molecule has 0 saturated heterocycles. The fourth-order valence-corrected chi connectivity index (χ4v) is 2.74. The summed E-state index contributed by atoms with van der Waals surface area (Å²) in [6.07, 6.45) is 1.06. The topological polar surface area (TPSA) is 28.2 Å². The molecule has 0 spiro atoms. The fourth-order valence-electron chi connectivity index (χ4n) is 2.74. The smallest absolute Gasteiger partial charge is 0.194 e. The maximum Gasteiger partial charge on any atom is 0.194 e. The largest absolute Gasteiger partial charge is 0.496 e. The number of methoxy groups -OCH3 is 2. The second-order valence-corrected chi connectivity index (χ2v) is 5.73. The molecule has 0 saturated carbocycles. The maximum absolute atomic E-state index is 5.66. The Morgan fingerprint density at radius 3 is 1.59 bits per heavy atom. The first-order chi connectivity index (χ1) is 10.3. The Hall–Kier alpha value is -2.04. The zero-order valence-electron chi connectivity index (χ0n) is 14.8. The highest BCUT2D eigenvalue weighted by Gasteiger charge is 2.36. The van der Waals surface area contributed by atoms with Gasteiger partial charge in [-0.2, -0.15) is 0 Å². The first-order valence-electron chi connectivity index (χ1n) is 7.29. The van der Waals surface area contributed by atoms with Crippen molar-refractivity contribution in [2.24, 2.45) is 0 Å². The fraction of sp³-hybridized carbons (Fsp3) is 0.471. The lowest BCUT2D eigenvalue weighted by molar-refractivity contribution is 0.315. The van der Waals surface area contributed by atoms with Crippen molar-refractivity contribution >= 4 is 5.69 Å². The monoisotopic (exact) mass is 304 g/mol. The van der Waals surface area contributed by atoms with Crippen LogP contribution in [0.15, 0.2) is 23.5 Å². The Morgan fingerprint density at radius 2 is 1.27 bits per heavy atom. The number of allylic oxidation sites excluding steroid dienone is 2. The summed E-state index contributed by atoms with van der Waals surface area (Å²) in [6, 6.07) is 4.07. The molecule has 1 aromatic rings. The molecule has 0 unspecified atom stereocenters. The molecule has 5 heteroatoms. The van der Waals surface area contributed by atoms with Crippen molar-refractivity contribution in [1.29, 1.82) is 0 Å². The van der Waals surface area contributed by atoms with Crippen molar-refractivity contribution in [2.45, 2.75) is 13.8 Å². The van der Waals surface area contributed by atoms with Crippen LogP contribution in [0.25, 0.3) is 0 Å². The van der Waals surface area contributed by atoms with Crippen molar-refractivity contribution in [2.75, 3.05) is 47.3 Å². The second kappa shape index (κ2) is 5.99. The van der Waals surface area contributed by atoms with Crippen LogP contribution in [0.5, 0.6) is 11.5 Å². The van der Waals surface area contributed by atoms with Crippen LogP contribution in [0.4, 0.5) is 5.69 Å². The van der Waals surface area contributed by atoms with Gasteiger partial charge in [0.05, 0.1) is 19.8 Å². The summed E-state index contributed by atoms with van der Waals surface area (Å²) in [5.41, 5.74) is 4.45. The molecule has 1 radical (unpaired) electrons. The van der Waals surface area contributed by atoms with E-state index in [0.717, 1.165) is 28.9 Å². The number of hydrogen-bond acceptors (Lipinski definition) is 5. The number of ether oxygens (including phenoxy) is 2. The first kappa shape index (κ1) is 16.3. The highest BCUT2D eigenvalue weighted by molar-refractivity contribution is 5.64. The molecular formula is C17H26N3O2. The summed E-state index contributed by atoms with van der Waals surface area (Å²) >= 11 is 0. The highest BCUT2D eigenvalue weighted by atomic mass is 16.5. The van der Waals surface area contributed by atoms with Crippen LogP contribution in [0.2, 0.25) is 0 Å². The standard InChI is InChI=1S/C17H26N3O2/c1-11-12(2)20(6)17(19(11)5)16-14(21-7)9-13(18(3)4)10-15(16)22-8/h9-10H,1-8H3. The third-order valence-electron chi connectivity index (χ3n) is 4.40. The SMILES string of the molecule is COc1cc(N(C)C)cc(OC)c1[C]1N(C)C(C)=C(C)N1C. The molecule has 0 fully saturated rings. The van der Waals surface area contributed by atoms with Crippen LogP contribution in [0.1, 0.15) is 19.4 Å². The van der Waals surface area contributed by atoms with E-state index in [-0.39, 0.29) is 0 Å².